The van der Waals surface area contributed by atoms with Crippen molar-refractivity contribution in [2.75, 3.05) is 13.1 Å². The third kappa shape index (κ3) is 7.77. The summed E-state index contributed by atoms with van der Waals surface area (Å²) in [7, 11) is 0. The molecule has 0 radical (unpaired) electrons. The largest absolute Gasteiger partial charge is 0.346 e. The van der Waals surface area contributed by atoms with Gasteiger partial charge < -0.3 is 26.2 Å². The Morgan fingerprint density at radius 2 is 1.66 bits per heavy atom. The molecule has 1 unspecified atom stereocenters. The third-order valence-electron chi connectivity index (χ3n) is 8.85. The maximum absolute atomic E-state index is 14.2. The van der Waals surface area contributed by atoms with Crippen molar-refractivity contribution in [3.05, 3.63) is 25.3 Å². The predicted octanol–water partition coefficient (Wildman–Crippen LogP) is 2.84. The molecule has 1 saturated heterocycles. The SMILES string of the molecule is C=CCCC(NC(=O)[C@@H]1[C@@H]2[C@H](CN1C(=O)[C@@H](NC(=O)NC(C)(C)C)C1CCCCC1)C2(C)C)C(=O)C(=O)NCC=C. The average Bonchev–Trinajstić information content (AvgIpc) is 3.23. The number of nitrogens with one attached hydrogen (secondary N) is 4. The van der Waals surface area contributed by atoms with Crippen LogP contribution in [0.3, 0.4) is 0 Å². The van der Waals surface area contributed by atoms with Gasteiger partial charge in [-0.15, -0.1) is 13.2 Å². The summed E-state index contributed by atoms with van der Waals surface area (Å²) in [5.41, 5.74) is -0.616. The lowest BCUT2D eigenvalue weighted by atomic mass is 9.83. The van der Waals surface area contributed by atoms with Crippen LogP contribution < -0.4 is 21.3 Å². The van der Waals surface area contributed by atoms with Gasteiger partial charge in [-0.2, -0.15) is 0 Å². The predicted molar refractivity (Wildman–Crippen MR) is 158 cm³/mol. The Labute approximate surface area is 244 Å². The van der Waals surface area contributed by atoms with E-state index in [2.05, 4.69) is 48.3 Å². The Kier molecular flexibility index (Phi) is 10.4. The van der Waals surface area contributed by atoms with Crippen LogP contribution >= 0.6 is 0 Å². The minimum Gasteiger partial charge on any atom is -0.346 e. The molecule has 10 heteroatoms. The van der Waals surface area contributed by atoms with Gasteiger partial charge in [0.05, 0.1) is 6.04 Å². The van der Waals surface area contributed by atoms with E-state index in [1.165, 1.54) is 6.08 Å². The number of nitrogens with zero attached hydrogens (tertiary/aromatic N) is 1. The highest BCUT2D eigenvalue weighted by Crippen LogP contribution is 2.65. The maximum atomic E-state index is 14.2. The first kappa shape index (κ1) is 32.3. The number of fused-ring (bicyclic) bond motifs is 1. The van der Waals surface area contributed by atoms with Gasteiger partial charge in [-0.3, -0.25) is 19.2 Å². The lowest BCUT2D eigenvalue weighted by molar-refractivity contribution is -0.144. The number of Topliss-reactive ketones (excluding diaryl/α,β-unsaturated/α-hetero) is 1. The molecule has 10 nitrogen and oxygen atoms in total. The van der Waals surface area contributed by atoms with Crippen LogP contribution in [0.1, 0.15) is 79.6 Å². The number of amides is 5. The summed E-state index contributed by atoms with van der Waals surface area (Å²) in [5.74, 6) is -2.22. The fourth-order valence-electron chi connectivity index (χ4n) is 6.58. The van der Waals surface area contributed by atoms with Gasteiger partial charge in [0.1, 0.15) is 12.1 Å². The molecule has 4 N–H and O–H groups in total. The number of rotatable bonds is 12. The number of urea groups is 1. The van der Waals surface area contributed by atoms with E-state index in [0.29, 0.717) is 13.0 Å². The molecule has 2 saturated carbocycles. The second-order valence-electron chi connectivity index (χ2n) is 13.4. The quantitative estimate of drug-likeness (QED) is 0.211. The van der Waals surface area contributed by atoms with Crippen LogP contribution in [0.15, 0.2) is 25.3 Å². The van der Waals surface area contributed by atoms with Gasteiger partial charge in [0, 0.05) is 18.6 Å². The summed E-state index contributed by atoms with van der Waals surface area (Å²) < 4.78 is 0. The molecule has 0 bridgehead atoms. The van der Waals surface area contributed by atoms with Crippen LogP contribution in [0.25, 0.3) is 0 Å². The van der Waals surface area contributed by atoms with E-state index in [1.807, 2.05) is 20.8 Å². The van der Waals surface area contributed by atoms with Crippen molar-refractivity contribution >= 4 is 29.5 Å². The van der Waals surface area contributed by atoms with E-state index in [0.717, 1.165) is 32.1 Å². The summed E-state index contributed by atoms with van der Waals surface area (Å²) in [6.45, 7) is 17.6. The van der Waals surface area contributed by atoms with Gasteiger partial charge in [0.15, 0.2) is 0 Å². The van der Waals surface area contributed by atoms with Crippen molar-refractivity contribution in [2.45, 2.75) is 103 Å². The van der Waals surface area contributed by atoms with Gasteiger partial charge in [-0.25, -0.2) is 4.79 Å². The molecule has 1 heterocycles. The minimum atomic E-state index is -1.05. The molecule has 228 valence electrons. The van der Waals surface area contributed by atoms with Crippen LogP contribution in [-0.2, 0) is 19.2 Å². The fraction of sp³-hybridized carbons (Fsp3) is 0.710. The number of carbonyl (C=O) groups is 5. The van der Waals surface area contributed by atoms with Crippen molar-refractivity contribution in [2.24, 2.45) is 23.2 Å². The fourth-order valence-corrected chi connectivity index (χ4v) is 6.58. The maximum Gasteiger partial charge on any atom is 0.315 e. The number of hydrogen-bond donors (Lipinski definition) is 4. The highest BCUT2D eigenvalue weighted by molar-refractivity contribution is 6.38. The minimum absolute atomic E-state index is 0.0221. The van der Waals surface area contributed by atoms with Crippen LogP contribution in [0.2, 0.25) is 0 Å². The monoisotopic (exact) mass is 571 g/mol. The lowest BCUT2D eigenvalue weighted by Gasteiger charge is -2.37. The third-order valence-corrected chi connectivity index (χ3v) is 8.85. The van der Waals surface area contributed by atoms with Crippen molar-refractivity contribution in [1.29, 1.82) is 0 Å². The van der Waals surface area contributed by atoms with Crippen molar-refractivity contribution in [1.82, 2.24) is 26.2 Å². The van der Waals surface area contributed by atoms with Gasteiger partial charge in [0.25, 0.3) is 5.91 Å². The highest BCUT2D eigenvalue weighted by Gasteiger charge is 2.69. The summed E-state index contributed by atoms with van der Waals surface area (Å²) in [6.07, 6.45) is 8.46. The normalized spacial score (nSPS) is 24.7. The summed E-state index contributed by atoms with van der Waals surface area (Å²) in [6, 6.07) is -3.01. The van der Waals surface area contributed by atoms with E-state index in [1.54, 1.807) is 11.0 Å². The van der Waals surface area contributed by atoms with Crippen molar-refractivity contribution in [3.63, 3.8) is 0 Å². The number of allylic oxidation sites excluding steroid dienone is 1. The zero-order chi connectivity index (χ0) is 30.5. The standard InChI is InChI=1S/C31H49N5O5/c1-8-10-16-21(25(37)27(39)32-17-9-2)33-26(38)24-22-20(31(22,6)7)18-36(24)28(40)23(19-14-12-11-13-15-19)34-29(41)35-30(3,4)5/h8-9,19-24H,1-2,10-18H2,3-7H3,(H,32,39)(H,33,38)(H2,34,35,41)/t20-,21?,22-,23-,24-/m0/s1. The molecule has 0 aromatic carbocycles. The van der Waals surface area contributed by atoms with E-state index < -0.39 is 47.3 Å². The Morgan fingerprint density at radius 1 is 1.00 bits per heavy atom. The van der Waals surface area contributed by atoms with E-state index in [-0.39, 0.29) is 42.0 Å². The molecule has 5 atom stereocenters. The number of hydrogen-bond acceptors (Lipinski definition) is 5. The number of carbonyl (C=O) groups excluding carboxylic acids is 5. The highest BCUT2D eigenvalue weighted by atomic mass is 16.2. The van der Waals surface area contributed by atoms with Crippen LogP contribution in [-0.4, -0.2) is 71.2 Å². The first-order chi connectivity index (χ1) is 19.2. The first-order valence-corrected chi connectivity index (χ1v) is 15.0. The molecule has 0 aromatic heterocycles. The van der Waals surface area contributed by atoms with Gasteiger partial charge in [-0.05, 0) is 69.6 Å². The second-order valence-corrected chi connectivity index (χ2v) is 13.4. The molecule has 5 amide bonds. The molecule has 2 aliphatic carbocycles. The van der Waals surface area contributed by atoms with Gasteiger partial charge >= 0.3 is 6.03 Å². The molecule has 41 heavy (non-hydrogen) atoms. The topological polar surface area (TPSA) is 137 Å². The first-order valence-electron chi connectivity index (χ1n) is 15.0. The molecular weight excluding hydrogens is 522 g/mol. The molecule has 3 rings (SSSR count). The summed E-state index contributed by atoms with van der Waals surface area (Å²) in [4.78, 5) is 68.0. The zero-order valence-electron chi connectivity index (χ0n) is 25.4. The molecule has 0 spiro atoms. The summed E-state index contributed by atoms with van der Waals surface area (Å²) >= 11 is 0. The van der Waals surface area contributed by atoms with Gasteiger partial charge in [-0.1, -0.05) is 45.3 Å². The van der Waals surface area contributed by atoms with Gasteiger partial charge in [0.2, 0.25) is 17.6 Å². The number of ketones is 1. The average molecular weight is 572 g/mol. The van der Waals surface area contributed by atoms with Crippen LogP contribution in [0.4, 0.5) is 4.79 Å². The van der Waals surface area contributed by atoms with E-state index in [4.69, 9.17) is 0 Å². The Balaban J connectivity index is 1.85. The molecule has 0 aromatic rings. The molecule has 1 aliphatic heterocycles. The molecule has 3 fully saturated rings. The molecular formula is C31H49N5O5. The van der Waals surface area contributed by atoms with Crippen LogP contribution in [0, 0.1) is 23.2 Å². The Bertz CT molecular complexity index is 1040. The zero-order valence-corrected chi connectivity index (χ0v) is 25.4. The lowest BCUT2D eigenvalue weighted by Crippen LogP contribution is -2.61. The summed E-state index contributed by atoms with van der Waals surface area (Å²) in [5, 5.41) is 11.1. The Hall–Kier alpha value is -3.17. The number of likely N-dealkylation sites (tertiary alicyclic amines) is 1. The van der Waals surface area contributed by atoms with Crippen LogP contribution in [0.5, 0.6) is 0 Å². The van der Waals surface area contributed by atoms with Crippen molar-refractivity contribution in [3.8, 4) is 0 Å². The van der Waals surface area contributed by atoms with E-state index >= 15 is 0 Å². The Morgan fingerprint density at radius 3 is 2.24 bits per heavy atom. The number of piperidine rings is 1. The smallest absolute Gasteiger partial charge is 0.315 e. The second kappa shape index (κ2) is 13.2. The van der Waals surface area contributed by atoms with E-state index in [9.17, 15) is 24.0 Å². The molecule has 3 aliphatic rings. The van der Waals surface area contributed by atoms with Crippen molar-refractivity contribution < 1.29 is 24.0 Å².